The summed E-state index contributed by atoms with van der Waals surface area (Å²) >= 11 is 0. The lowest BCUT2D eigenvalue weighted by atomic mass is 9.97. The highest BCUT2D eigenvalue weighted by molar-refractivity contribution is 5.48. The molecule has 0 radical (unpaired) electrons. The third-order valence-corrected chi connectivity index (χ3v) is 2.77. The summed E-state index contributed by atoms with van der Waals surface area (Å²) in [5, 5.41) is 9.47. The normalized spacial score (nSPS) is 12.6. The molecule has 0 aliphatic heterocycles. The molecule has 0 saturated heterocycles. The Labute approximate surface area is 103 Å². The van der Waals surface area contributed by atoms with E-state index < -0.39 is 6.10 Å². The molecule has 0 saturated carbocycles. The molecule has 3 heteroatoms. The monoisotopic (exact) mass is 238 g/mol. The summed E-state index contributed by atoms with van der Waals surface area (Å²) in [4.78, 5) is 0. The molecule has 0 fully saturated rings. The number of aliphatic hydroxyl groups is 1. The van der Waals surface area contributed by atoms with Crippen molar-refractivity contribution in [3.63, 3.8) is 0 Å². The Hall–Kier alpha value is -1.22. The second-order valence-electron chi connectivity index (χ2n) is 4.61. The van der Waals surface area contributed by atoms with Crippen LogP contribution in [0.4, 0.5) is 0 Å². The zero-order chi connectivity index (χ0) is 13.0. The molecule has 0 heterocycles. The Bertz CT molecular complexity index is 370. The van der Waals surface area contributed by atoms with Crippen molar-refractivity contribution >= 4 is 0 Å². The predicted molar refractivity (Wildman–Crippen MR) is 69.0 cm³/mol. The summed E-state index contributed by atoms with van der Waals surface area (Å²) in [7, 11) is 3.32. The molecule has 1 aromatic carbocycles. The minimum Gasteiger partial charge on any atom is -0.496 e. The number of hydrogen-bond donors (Lipinski definition) is 1. The summed E-state index contributed by atoms with van der Waals surface area (Å²) in [6.45, 7) is 6.00. The second kappa shape index (κ2) is 5.92. The Morgan fingerprint density at radius 2 is 1.65 bits per heavy atom. The van der Waals surface area contributed by atoms with Gasteiger partial charge in [-0.3, -0.25) is 0 Å². The van der Waals surface area contributed by atoms with Gasteiger partial charge in [-0.25, -0.2) is 0 Å². The molecule has 3 nitrogen and oxygen atoms in total. The van der Waals surface area contributed by atoms with Crippen LogP contribution in [0.2, 0.25) is 0 Å². The average molecular weight is 238 g/mol. The molecule has 0 bridgehead atoms. The first-order valence-corrected chi connectivity index (χ1v) is 5.92. The first-order valence-electron chi connectivity index (χ1n) is 5.92. The van der Waals surface area contributed by atoms with Gasteiger partial charge in [0, 0.05) is 17.5 Å². The van der Waals surface area contributed by atoms with Gasteiger partial charge in [0.1, 0.15) is 11.5 Å². The van der Waals surface area contributed by atoms with Gasteiger partial charge in [0.2, 0.25) is 0 Å². The van der Waals surface area contributed by atoms with Crippen LogP contribution in [-0.2, 0) is 6.42 Å². The lowest BCUT2D eigenvalue weighted by molar-refractivity contribution is 0.194. The SMILES string of the molecule is COc1cc(C(C)C)c(OC)cc1CC(C)O. The highest BCUT2D eigenvalue weighted by atomic mass is 16.5. The van der Waals surface area contributed by atoms with Crippen molar-refractivity contribution < 1.29 is 14.6 Å². The first-order chi connectivity index (χ1) is 7.99. The van der Waals surface area contributed by atoms with E-state index in [0.717, 1.165) is 22.6 Å². The van der Waals surface area contributed by atoms with E-state index in [-0.39, 0.29) is 0 Å². The molecule has 1 unspecified atom stereocenters. The zero-order valence-electron chi connectivity index (χ0n) is 11.3. The van der Waals surface area contributed by atoms with Crippen molar-refractivity contribution in [2.45, 2.75) is 39.2 Å². The average Bonchev–Trinajstić information content (AvgIpc) is 2.27. The number of rotatable bonds is 5. The fraction of sp³-hybridized carbons (Fsp3) is 0.571. The quantitative estimate of drug-likeness (QED) is 0.857. The van der Waals surface area contributed by atoms with Gasteiger partial charge in [0.25, 0.3) is 0 Å². The van der Waals surface area contributed by atoms with Crippen LogP contribution < -0.4 is 9.47 Å². The number of methoxy groups -OCH3 is 2. The van der Waals surface area contributed by atoms with Gasteiger partial charge in [0.05, 0.1) is 20.3 Å². The molecular weight excluding hydrogens is 216 g/mol. The van der Waals surface area contributed by atoms with Crippen LogP contribution in [0.5, 0.6) is 11.5 Å². The molecule has 0 spiro atoms. The molecule has 96 valence electrons. The Morgan fingerprint density at radius 3 is 2.06 bits per heavy atom. The van der Waals surface area contributed by atoms with Crippen LogP contribution >= 0.6 is 0 Å². The van der Waals surface area contributed by atoms with Crippen LogP contribution in [0.1, 0.15) is 37.8 Å². The van der Waals surface area contributed by atoms with E-state index in [1.165, 1.54) is 0 Å². The van der Waals surface area contributed by atoms with E-state index in [0.29, 0.717) is 12.3 Å². The minimum absolute atomic E-state index is 0.374. The number of aliphatic hydroxyl groups excluding tert-OH is 1. The van der Waals surface area contributed by atoms with E-state index >= 15 is 0 Å². The van der Waals surface area contributed by atoms with Crippen molar-refractivity contribution in [1.29, 1.82) is 0 Å². The van der Waals surface area contributed by atoms with Gasteiger partial charge < -0.3 is 14.6 Å². The van der Waals surface area contributed by atoms with Crippen molar-refractivity contribution in [3.05, 3.63) is 23.3 Å². The maximum absolute atomic E-state index is 9.47. The lowest BCUT2D eigenvalue weighted by Crippen LogP contribution is -2.07. The first kappa shape index (κ1) is 13.8. The summed E-state index contributed by atoms with van der Waals surface area (Å²) < 4.78 is 10.8. The minimum atomic E-state index is -0.390. The van der Waals surface area contributed by atoms with Gasteiger partial charge in [-0.05, 0) is 25.0 Å². The van der Waals surface area contributed by atoms with Crippen LogP contribution in [0, 0.1) is 0 Å². The number of ether oxygens (including phenoxy) is 2. The van der Waals surface area contributed by atoms with E-state index in [1.54, 1.807) is 21.1 Å². The molecule has 1 rings (SSSR count). The molecule has 1 atom stereocenters. The highest BCUT2D eigenvalue weighted by Gasteiger charge is 2.14. The van der Waals surface area contributed by atoms with Gasteiger partial charge in [0.15, 0.2) is 0 Å². The molecular formula is C14H22O3. The summed E-state index contributed by atoms with van der Waals surface area (Å²) in [5.74, 6) is 2.05. The fourth-order valence-corrected chi connectivity index (χ4v) is 1.91. The molecule has 1 aromatic rings. The summed E-state index contributed by atoms with van der Waals surface area (Å²) in [6.07, 6.45) is 0.177. The summed E-state index contributed by atoms with van der Waals surface area (Å²) in [6, 6.07) is 3.96. The van der Waals surface area contributed by atoms with Crippen molar-refractivity contribution in [3.8, 4) is 11.5 Å². The third-order valence-electron chi connectivity index (χ3n) is 2.77. The van der Waals surface area contributed by atoms with Crippen LogP contribution in [-0.4, -0.2) is 25.4 Å². The van der Waals surface area contributed by atoms with Crippen LogP contribution in [0.3, 0.4) is 0 Å². The van der Waals surface area contributed by atoms with E-state index in [4.69, 9.17) is 9.47 Å². The van der Waals surface area contributed by atoms with Crippen molar-refractivity contribution in [2.24, 2.45) is 0 Å². The fourth-order valence-electron chi connectivity index (χ4n) is 1.91. The van der Waals surface area contributed by atoms with Gasteiger partial charge in [-0.1, -0.05) is 13.8 Å². The highest BCUT2D eigenvalue weighted by Crippen LogP contribution is 2.34. The zero-order valence-corrected chi connectivity index (χ0v) is 11.3. The van der Waals surface area contributed by atoms with Crippen molar-refractivity contribution in [2.75, 3.05) is 14.2 Å². The number of hydrogen-bond acceptors (Lipinski definition) is 3. The molecule has 0 aliphatic carbocycles. The molecule has 0 amide bonds. The van der Waals surface area contributed by atoms with Gasteiger partial charge in [-0.2, -0.15) is 0 Å². The topological polar surface area (TPSA) is 38.7 Å². The molecule has 17 heavy (non-hydrogen) atoms. The summed E-state index contributed by atoms with van der Waals surface area (Å²) in [5.41, 5.74) is 2.10. The Balaban J connectivity index is 3.22. The molecule has 0 aromatic heterocycles. The maximum Gasteiger partial charge on any atom is 0.122 e. The molecule has 1 N–H and O–H groups in total. The van der Waals surface area contributed by atoms with E-state index in [9.17, 15) is 5.11 Å². The third kappa shape index (κ3) is 3.37. The van der Waals surface area contributed by atoms with E-state index in [1.807, 2.05) is 12.1 Å². The van der Waals surface area contributed by atoms with Crippen molar-refractivity contribution in [1.82, 2.24) is 0 Å². The molecule has 0 aliphatic rings. The Morgan fingerprint density at radius 1 is 1.06 bits per heavy atom. The van der Waals surface area contributed by atoms with Crippen LogP contribution in [0.15, 0.2) is 12.1 Å². The standard InChI is InChI=1S/C14H22O3/c1-9(2)12-8-13(16-4)11(6-10(3)15)7-14(12)17-5/h7-10,15H,6H2,1-5H3. The largest absolute Gasteiger partial charge is 0.496 e. The predicted octanol–water partition coefficient (Wildman–Crippen LogP) is 2.75. The van der Waals surface area contributed by atoms with Gasteiger partial charge >= 0.3 is 0 Å². The lowest BCUT2D eigenvalue weighted by Gasteiger charge is -2.17. The smallest absolute Gasteiger partial charge is 0.122 e. The van der Waals surface area contributed by atoms with Gasteiger partial charge in [-0.15, -0.1) is 0 Å². The van der Waals surface area contributed by atoms with Crippen LogP contribution in [0.25, 0.3) is 0 Å². The number of benzene rings is 1. The second-order valence-corrected chi connectivity index (χ2v) is 4.61. The Kier molecular flexibility index (Phi) is 4.82. The van der Waals surface area contributed by atoms with E-state index in [2.05, 4.69) is 13.8 Å². The maximum atomic E-state index is 9.47.